The van der Waals surface area contributed by atoms with E-state index in [1.54, 1.807) is 48.5 Å². The second kappa shape index (κ2) is 8.21. The second-order valence-corrected chi connectivity index (χ2v) is 6.61. The highest BCUT2D eigenvalue weighted by molar-refractivity contribution is 6.39. The largest absolute Gasteiger partial charge is 0.352 e. The van der Waals surface area contributed by atoms with Gasteiger partial charge in [0.2, 0.25) is 0 Å². The second-order valence-electron chi connectivity index (χ2n) is 5.80. The number of para-hydroxylation sites is 1. The highest BCUT2D eigenvalue weighted by Gasteiger charge is 2.14. The summed E-state index contributed by atoms with van der Waals surface area (Å²) in [5.74, 6) is -0.142. The van der Waals surface area contributed by atoms with Crippen LogP contribution in [0.3, 0.4) is 0 Å². The van der Waals surface area contributed by atoms with E-state index in [1.165, 1.54) is 0 Å². The van der Waals surface area contributed by atoms with E-state index in [2.05, 4.69) is 10.3 Å². The standard InChI is InChI=1S/C20H17Cl2N3O/c1-25(13-14-6-3-2-4-7-14)20(26)18-11-10-15(12-23-18)24-19-16(21)8-5-9-17(19)22/h2-12,24H,13H2,1H3. The van der Waals surface area contributed by atoms with E-state index in [0.29, 0.717) is 33.7 Å². The Labute approximate surface area is 162 Å². The van der Waals surface area contributed by atoms with Crippen LogP contribution in [-0.2, 0) is 6.54 Å². The van der Waals surface area contributed by atoms with Crippen molar-refractivity contribution in [3.05, 3.63) is 88.2 Å². The van der Waals surface area contributed by atoms with Gasteiger partial charge in [0.05, 0.1) is 27.6 Å². The first kappa shape index (κ1) is 18.2. The Morgan fingerprint density at radius 1 is 1.00 bits per heavy atom. The normalized spacial score (nSPS) is 10.4. The van der Waals surface area contributed by atoms with Crippen molar-refractivity contribution in [3.8, 4) is 0 Å². The van der Waals surface area contributed by atoms with Gasteiger partial charge in [0, 0.05) is 13.6 Å². The number of nitrogens with zero attached hydrogens (tertiary/aromatic N) is 2. The predicted octanol–water partition coefficient (Wildman–Crippen LogP) is 5.40. The SMILES string of the molecule is CN(Cc1ccccc1)C(=O)c1ccc(Nc2c(Cl)cccc2Cl)cn1. The van der Waals surface area contributed by atoms with Gasteiger partial charge in [-0.25, -0.2) is 4.98 Å². The molecule has 4 nitrogen and oxygen atoms in total. The number of rotatable bonds is 5. The van der Waals surface area contributed by atoms with Crippen molar-refractivity contribution in [1.82, 2.24) is 9.88 Å². The van der Waals surface area contributed by atoms with Crippen LogP contribution in [0.5, 0.6) is 0 Å². The maximum absolute atomic E-state index is 12.5. The third kappa shape index (κ3) is 4.34. The van der Waals surface area contributed by atoms with Gasteiger partial charge in [0.25, 0.3) is 5.91 Å². The number of hydrogen-bond donors (Lipinski definition) is 1. The summed E-state index contributed by atoms with van der Waals surface area (Å²) in [5, 5.41) is 4.15. The average Bonchev–Trinajstić information content (AvgIpc) is 2.65. The maximum Gasteiger partial charge on any atom is 0.272 e. The fourth-order valence-electron chi connectivity index (χ4n) is 2.48. The summed E-state index contributed by atoms with van der Waals surface area (Å²) >= 11 is 12.3. The fourth-order valence-corrected chi connectivity index (χ4v) is 2.97. The number of amides is 1. The minimum absolute atomic E-state index is 0.142. The summed E-state index contributed by atoms with van der Waals surface area (Å²) in [6, 6.07) is 18.5. The summed E-state index contributed by atoms with van der Waals surface area (Å²) in [6.45, 7) is 0.524. The van der Waals surface area contributed by atoms with Gasteiger partial charge in [-0.2, -0.15) is 0 Å². The molecule has 1 heterocycles. The van der Waals surface area contributed by atoms with Gasteiger partial charge in [0.1, 0.15) is 5.69 Å². The molecule has 0 aliphatic rings. The van der Waals surface area contributed by atoms with Gasteiger partial charge >= 0.3 is 0 Å². The molecule has 0 saturated carbocycles. The molecule has 1 amide bonds. The minimum atomic E-state index is -0.142. The lowest BCUT2D eigenvalue weighted by molar-refractivity contribution is 0.0779. The summed E-state index contributed by atoms with van der Waals surface area (Å²) in [4.78, 5) is 18.4. The average molecular weight is 386 g/mol. The van der Waals surface area contributed by atoms with E-state index in [-0.39, 0.29) is 5.91 Å². The molecule has 132 valence electrons. The van der Waals surface area contributed by atoms with Crippen molar-refractivity contribution in [3.63, 3.8) is 0 Å². The Kier molecular flexibility index (Phi) is 5.76. The zero-order chi connectivity index (χ0) is 18.5. The van der Waals surface area contributed by atoms with Crippen molar-refractivity contribution in [2.24, 2.45) is 0 Å². The molecule has 1 aromatic heterocycles. The maximum atomic E-state index is 12.5. The Balaban J connectivity index is 1.70. The Morgan fingerprint density at radius 3 is 2.31 bits per heavy atom. The lowest BCUT2D eigenvalue weighted by atomic mass is 10.2. The van der Waals surface area contributed by atoms with Crippen molar-refractivity contribution < 1.29 is 4.79 Å². The molecule has 1 N–H and O–H groups in total. The number of pyridine rings is 1. The summed E-state index contributed by atoms with van der Waals surface area (Å²) < 4.78 is 0. The first-order valence-corrected chi connectivity index (χ1v) is 8.76. The quantitative estimate of drug-likeness (QED) is 0.638. The molecule has 0 aliphatic heterocycles. The third-order valence-electron chi connectivity index (χ3n) is 3.82. The van der Waals surface area contributed by atoms with E-state index < -0.39 is 0 Å². The number of carbonyl (C=O) groups excluding carboxylic acids is 1. The molecule has 0 spiro atoms. The zero-order valence-corrected chi connectivity index (χ0v) is 15.6. The number of nitrogens with one attached hydrogen (secondary N) is 1. The first-order valence-electron chi connectivity index (χ1n) is 8.01. The lowest BCUT2D eigenvalue weighted by Crippen LogP contribution is -2.26. The first-order chi connectivity index (χ1) is 12.5. The van der Waals surface area contributed by atoms with Crippen LogP contribution >= 0.6 is 23.2 Å². The number of benzene rings is 2. The van der Waals surface area contributed by atoms with Gasteiger partial charge in [-0.1, -0.05) is 59.6 Å². The molecule has 0 radical (unpaired) electrons. The van der Waals surface area contributed by atoms with Crippen LogP contribution in [0.1, 0.15) is 16.1 Å². The van der Waals surface area contributed by atoms with Crippen LogP contribution in [-0.4, -0.2) is 22.8 Å². The van der Waals surface area contributed by atoms with Gasteiger partial charge in [-0.15, -0.1) is 0 Å². The molecule has 0 saturated heterocycles. The van der Waals surface area contributed by atoms with Crippen molar-refractivity contribution in [1.29, 1.82) is 0 Å². The molecule has 3 aromatic rings. The molecular weight excluding hydrogens is 369 g/mol. The molecule has 0 unspecified atom stereocenters. The van der Waals surface area contributed by atoms with Crippen LogP contribution in [0.4, 0.5) is 11.4 Å². The van der Waals surface area contributed by atoms with Crippen molar-refractivity contribution >= 4 is 40.5 Å². The smallest absolute Gasteiger partial charge is 0.272 e. The lowest BCUT2D eigenvalue weighted by Gasteiger charge is -2.17. The van der Waals surface area contributed by atoms with E-state index in [1.807, 2.05) is 30.3 Å². The van der Waals surface area contributed by atoms with Crippen LogP contribution in [0.15, 0.2) is 66.9 Å². The number of halogens is 2. The van der Waals surface area contributed by atoms with E-state index in [0.717, 1.165) is 5.56 Å². The Bertz CT molecular complexity index is 878. The number of carbonyl (C=O) groups is 1. The molecule has 3 rings (SSSR count). The monoisotopic (exact) mass is 385 g/mol. The van der Waals surface area contributed by atoms with Crippen LogP contribution < -0.4 is 5.32 Å². The highest BCUT2D eigenvalue weighted by atomic mass is 35.5. The van der Waals surface area contributed by atoms with Crippen molar-refractivity contribution in [2.45, 2.75) is 6.54 Å². The summed E-state index contributed by atoms with van der Waals surface area (Å²) in [5.41, 5.74) is 2.74. The fraction of sp³-hybridized carbons (Fsp3) is 0.100. The van der Waals surface area contributed by atoms with Crippen LogP contribution in [0, 0.1) is 0 Å². The zero-order valence-electron chi connectivity index (χ0n) is 14.1. The Hall–Kier alpha value is -2.56. The van der Waals surface area contributed by atoms with Gasteiger partial charge in [-0.05, 0) is 29.8 Å². The highest BCUT2D eigenvalue weighted by Crippen LogP contribution is 2.32. The molecule has 0 aliphatic carbocycles. The minimum Gasteiger partial charge on any atom is -0.352 e. The molecular formula is C20H17Cl2N3O. The van der Waals surface area contributed by atoms with E-state index in [4.69, 9.17) is 23.2 Å². The molecule has 26 heavy (non-hydrogen) atoms. The van der Waals surface area contributed by atoms with Crippen molar-refractivity contribution in [2.75, 3.05) is 12.4 Å². The summed E-state index contributed by atoms with van der Waals surface area (Å²) in [6.07, 6.45) is 1.59. The van der Waals surface area contributed by atoms with Gasteiger partial charge in [0.15, 0.2) is 0 Å². The molecule has 2 aromatic carbocycles. The van der Waals surface area contributed by atoms with Gasteiger partial charge in [-0.3, -0.25) is 4.79 Å². The predicted molar refractivity (Wildman–Crippen MR) is 106 cm³/mol. The number of aromatic nitrogens is 1. The van der Waals surface area contributed by atoms with Gasteiger partial charge < -0.3 is 10.2 Å². The Morgan fingerprint density at radius 2 is 1.69 bits per heavy atom. The molecule has 0 fully saturated rings. The number of hydrogen-bond acceptors (Lipinski definition) is 3. The number of anilines is 2. The van der Waals surface area contributed by atoms with E-state index in [9.17, 15) is 4.79 Å². The van der Waals surface area contributed by atoms with Crippen LogP contribution in [0.2, 0.25) is 10.0 Å². The third-order valence-corrected chi connectivity index (χ3v) is 4.45. The van der Waals surface area contributed by atoms with Crippen LogP contribution in [0.25, 0.3) is 0 Å². The molecule has 6 heteroatoms. The van der Waals surface area contributed by atoms with E-state index >= 15 is 0 Å². The summed E-state index contributed by atoms with van der Waals surface area (Å²) in [7, 11) is 1.76. The topological polar surface area (TPSA) is 45.2 Å². The molecule has 0 atom stereocenters. The molecule has 0 bridgehead atoms.